The van der Waals surface area contributed by atoms with Crippen LogP contribution in [-0.2, 0) is 4.74 Å². The van der Waals surface area contributed by atoms with E-state index in [1.807, 2.05) is 6.07 Å². The molecule has 2 amide bonds. The summed E-state index contributed by atoms with van der Waals surface area (Å²) in [4.78, 5) is 25.9. The number of thiophene rings is 1. The van der Waals surface area contributed by atoms with Gasteiger partial charge >= 0.3 is 6.09 Å². The second-order valence-corrected chi connectivity index (χ2v) is 6.81. The number of nitrogens with zero attached hydrogens (tertiary/aromatic N) is 2. The number of amides is 2. The number of benzene rings is 1. The van der Waals surface area contributed by atoms with Gasteiger partial charge in [-0.3, -0.25) is 9.69 Å². The normalized spacial score (nSPS) is 16.6. The summed E-state index contributed by atoms with van der Waals surface area (Å²) in [6.07, 6.45) is -0.953. The number of halogens is 1. The molecular weight excluding hydrogens is 350 g/mol. The van der Waals surface area contributed by atoms with E-state index in [2.05, 4.69) is 5.32 Å². The Hall–Kier alpha value is -2.56. The highest BCUT2D eigenvalue weighted by Crippen LogP contribution is 2.23. The Morgan fingerprint density at radius 1 is 1.46 bits per heavy atom. The minimum atomic E-state index is -0.497. The molecule has 1 aromatic carbocycles. The number of ether oxygens (including phenoxy) is 1. The molecule has 1 aliphatic heterocycles. The monoisotopic (exact) mass is 361 g/mol. The van der Waals surface area contributed by atoms with E-state index in [0.29, 0.717) is 27.0 Å². The van der Waals surface area contributed by atoms with Crippen molar-refractivity contribution in [1.82, 2.24) is 5.32 Å². The van der Waals surface area contributed by atoms with Gasteiger partial charge in [0.1, 0.15) is 6.10 Å². The fraction of sp³-hybridized carbons (Fsp3) is 0.188. The van der Waals surface area contributed by atoms with Gasteiger partial charge in [0.2, 0.25) is 0 Å². The van der Waals surface area contributed by atoms with E-state index in [-0.39, 0.29) is 12.5 Å². The number of cyclic esters (lactones) is 1. The molecule has 0 radical (unpaired) electrons. The van der Waals surface area contributed by atoms with Gasteiger partial charge in [-0.1, -0.05) is 17.7 Å². The SMILES string of the molecule is N#Cc1cccc(N2CC(CNC(=O)c3ccc(Cl)s3)OC2=O)c1. The maximum atomic E-state index is 12.0. The molecule has 8 heteroatoms. The Kier molecular flexibility index (Phi) is 4.69. The molecule has 1 aliphatic rings. The van der Waals surface area contributed by atoms with Crippen molar-refractivity contribution in [3.05, 3.63) is 51.2 Å². The van der Waals surface area contributed by atoms with Crippen molar-refractivity contribution < 1.29 is 14.3 Å². The van der Waals surface area contributed by atoms with Crippen LogP contribution >= 0.6 is 22.9 Å². The second-order valence-electron chi connectivity index (χ2n) is 5.09. The average molecular weight is 362 g/mol. The van der Waals surface area contributed by atoms with Crippen molar-refractivity contribution in [2.45, 2.75) is 6.10 Å². The van der Waals surface area contributed by atoms with Crippen LogP contribution in [0.25, 0.3) is 0 Å². The third-order valence-corrected chi connectivity index (χ3v) is 4.68. The van der Waals surface area contributed by atoms with Gasteiger partial charge in [0.15, 0.2) is 0 Å². The van der Waals surface area contributed by atoms with E-state index in [1.54, 1.807) is 36.4 Å². The maximum absolute atomic E-state index is 12.0. The molecular formula is C16H12ClN3O3S. The van der Waals surface area contributed by atoms with Gasteiger partial charge in [-0.05, 0) is 30.3 Å². The minimum absolute atomic E-state index is 0.203. The van der Waals surface area contributed by atoms with Crippen molar-refractivity contribution in [3.63, 3.8) is 0 Å². The molecule has 0 spiro atoms. The Balaban J connectivity index is 1.60. The summed E-state index contributed by atoms with van der Waals surface area (Å²) in [5, 5.41) is 11.7. The number of rotatable bonds is 4. The summed E-state index contributed by atoms with van der Waals surface area (Å²) in [5.74, 6) is -0.257. The number of hydrogen-bond donors (Lipinski definition) is 1. The lowest BCUT2D eigenvalue weighted by molar-refractivity contribution is 0.0920. The topological polar surface area (TPSA) is 82.4 Å². The molecule has 1 fully saturated rings. The molecule has 0 aliphatic carbocycles. The molecule has 1 unspecified atom stereocenters. The largest absolute Gasteiger partial charge is 0.442 e. The molecule has 3 rings (SSSR count). The van der Waals surface area contributed by atoms with E-state index in [9.17, 15) is 9.59 Å². The van der Waals surface area contributed by atoms with Crippen LogP contribution in [0.2, 0.25) is 4.34 Å². The smallest absolute Gasteiger partial charge is 0.414 e. The van der Waals surface area contributed by atoms with Gasteiger partial charge in [0, 0.05) is 5.69 Å². The summed E-state index contributed by atoms with van der Waals surface area (Å²) in [7, 11) is 0. The number of nitrogens with one attached hydrogen (secondary N) is 1. The van der Waals surface area contributed by atoms with E-state index in [4.69, 9.17) is 21.6 Å². The molecule has 6 nitrogen and oxygen atoms in total. The van der Waals surface area contributed by atoms with Crippen molar-refractivity contribution >= 4 is 40.6 Å². The lowest BCUT2D eigenvalue weighted by Gasteiger charge is -2.13. The van der Waals surface area contributed by atoms with Gasteiger partial charge in [-0.25, -0.2) is 4.79 Å². The lowest BCUT2D eigenvalue weighted by atomic mass is 10.2. The Morgan fingerprint density at radius 3 is 3.00 bits per heavy atom. The molecule has 1 saturated heterocycles. The molecule has 1 atom stereocenters. The fourth-order valence-corrected chi connectivity index (χ4v) is 3.27. The zero-order valence-corrected chi connectivity index (χ0v) is 13.9. The Morgan fingerprint density at radius 2 is 2.29 bits per heavy atom. The molecule has 0 saturated carbocycles. The summed E-state index contributed by atoms with van der Waals surface area (Å²) in [6.45, 7) is 0.508. The van der Waals surface area contributed by atoms with Gasteiger partial charge in [-0.2, -0.15) is 5.26 Å². The van der Waals surface area contributed by atoms with Crippen molar-refractivity contribution in [2.75, 3.05) is 18.0 Å². The van der Waals surface area contributed by atoms with Crippen LogP contribution in [0.5, 0.6) is 0 Å². The minimum Gasteiger partial charge on any atom is -0.442 e. The molecule has 24 heavy (non-hydrogen) atoms. The quantitative estimate of drug-likeness (QED) is 0.907. The summed E-state index contributed by atoms with van der Waals surface area (Å²) in [5.41, 5.74) is 1.06. The number of carbonyl (C=O) groups excluding carboxylic acids is 2. The van der Waals surface area contributed by atoms with Crippen molar-refractivity contribution in [1.29, 1.82) is 5.26 Å². The van der Waals surface area contributed by atoms with Crippen LogP contribution < -0.4 is 10.2 Å². The van der Waals surface area contributed by atoms with Crippen LogP contribution in [0.15, 0.2) is 36.4 Å². The fourth-order valence-electron chi connectivity index (χ4n) is 2.31. The molecule has 122 valence electrons. The number of anilines is 1. The molecule has 2 aromatic rings. The van der Waals surface area contributed by atoms with E-state index < -0.39 is 12.2 Å². The Bertz CT molecular complexity index is 830. The predicted molar refractivity (Wildman–Crippen MR) is 90.4 cm³/mol. The predicted octanol–water partition coefficient (Wildman–Crippen LogP) is 3.03. The zero-order chi connectivity index (χ0) is 17.1. The van der Waals surface area contributed by atoms with Gasteiger partial charge in [0.25, 0.3) is 5.91 Å². The highest BCUT2D eigenvalue weighted by atomic mass is 35.5. The van der Waals surface area contributed by atoms with Gasteiger partial charge in [0.05, 0.1) is 33.9 Å². The molecule has 1 aromatic heterocycles. The highest BCUT2D eigenvalue weighted by Gasteiger charge is 2.32. The van der Waals surface area contributed by atoms with Crippen molar-refractivity contribution in [3.8, 4) is 6.07 Å². The first-order valence-corrected chi connectivity index (χ1v) is 8.28. The maximum Gasteiger partial charge on any atom is 0.414 e. The summed E-state index contributed by atoms with van der Waals surface area (Å²) in [6, 6.07) is 12.0. The zero-order valence-electron chi connectivity index (χ0n) is 12.4. The first kappa shape index (κ1) is 16.3. The van der Waals surface area contributed by atoms with Crippen molar-refractivity contribution in [2.24, 2.45) is 0 Å². The van der Waals surface area contributed by atoms with Crippen LogP contribution in [-0.4, -0.2) is 31.2 Å². The Labute approximate surface area is 147 Å². The molecule has 0 bridgehead atoms. The summed E-state index contributed by atoms with van der Waals surface area (Å²) < 4.78 is 5.80. The molecule has 1 N–H and O–H groups in total. The van der Waals surface area contributed by atoms with Crippen LogP contribution in [0.3, 0.4) is 0 Å². The standard InChI is InChI=1S/C16H12ClN3O3S/c17-14-5-4-13(24-14)15(21)19-8-12-9-20(16(22)23-12)11-3-1-2-10(6-11)7-18/h1-6,12H,8-9H2,(H,19,21). The second kappa shape index (κ2) is 6.91. The lowest BCUT2D eigenvalue weighted by Crippen LogP contribution is -2.34. The van der Waals surface area contributed by atoms with E-state index in [1.165, 1.54) is 16.2 Å². The van der Waals surface area contributed by atoms with Crippen LogP contribution in [0, 0.1) is 11.3 Å². The van der Waals surface area contributed by atoms with E-state index >= 15 is 0 Å². The number of carbonyl (C=O) groups is 2. The molecule has 2 heterocycles. The van der Waals surface area contributed by atoms with E-state index in [0.717, 1.165) is 0 Å². The van der Waals surface area contributed by atoms with Gasteiger partial charge < -0.3 is 10.1 Å². The first-order valence-electron chi connectivity index (χ1n) is 7.08. The third-order valence-electron chi connectivity index (χ3n) is 3.45. The number of nitriles is 1. The van der Waals surface area contributed by atoms with Gasteiger partial charge in [-0.15, -0.1) is 11.3 Å². The third kappa shape index (κ3) is 3.50. The highest BCUT2D eigenvalue weighted by molar-refractivity contribution is 7.17. The van der Waals surface area contributed by atoms with Crippen LogP contribution in [0.4, 0.5) is 10.5 Å². The average Bonchev–Trinajstić information content (AvgIpc) is 3.18. The first-order chi connectivity index (χ1) is 11.6. The van der Waals surface area contributed by atoms with Crippen LogP contribution in [0.1, 0.15) is 15.2 Å². The number of hydrogen-bond acceptors (Lipinski definition) is 5. The summed E-state index contributed by atoms with van der Waals surface area (Å²) >= 11 is 6.99.